The predicted octanol–water partition coefficient (Wildman–Crippen LogP) is 2.42. The van der Waals surface area contributed by atoms with Gasteiger partial charge in [0.1, 0.15) is 0 Å². The van der Waals surface area contributed by atoms with Crippen LogP contribution in [-0.4, -0.2) is 19.7 Å². The topological polar surface area (TPSA) is 21.3 Å². The van der Waals surface area contributed by atoms with Gasteiger partial charge in [-0.2, -0.15) is 0 Å². The Morgan fingerprint density at radius 2 is 2.00 bits per heavy atom. The van der Waals surface area contributed by atoms with Gasteiger partial charge in [-0.25, -0.2) is 0 Å². The second-order valence-electron chi connectivity index (χ2n) is 3.12. The van der Waals surface area contributed by atoms with Crippen LogP contribution in [0.3, 0.4) is 0 Å². The van der Waals surface area contributed by atoms with Crippen molar-refractivity contribution in [1.82, 2.24) is 5.32 Å². The Morgan fingerprint density at radius 3 is 2.57 bits per heavy atom. The zero-order valence-electron chi connectivity index (χ0n) is 7.70. The number of rotatable bonds is 1. The SMILES string of the molecule is Cl.Clc1ccc([C@@H]2CNCCO2)cc1. The van der Waals surface area contributed by atoms with Gasteiger partial charge in [-0.15, -0.1) is 12.4 Å². The van der Waals surface area contributed by atoms with Gasteiger partial charge in [0.15, 0.2) is 0 Å². The molecule has 0 saturated carbocycles. The van der Waals surface area contributed by atoms with Crippen LogP contribution in [0.15, 0.2) is 24.3 Å². The predicted molar refractivity (Wildman–Crippen MR) is 60.3 cm³/mol. The summed E-state index contributed by atoms with van der Waals surface area (Å²) in [6.07, 6.45) is 0.186. The van der Waals surface area contributed by atoms with Crippen LogP contribution in [0.25, 0.3) is 0 Å². The van der Waals surface area contributed by atoms with E-state index in [0.717, 1.165) is 24.7 Å². The molecule has 1 saturated heterocycles. The Balaban J connectivity index is 0.000000980. The van der Waals surface area contributed by atoms with Crippen molar-refractivity contribution in [2.45, 2.75) is 6.10 Å². The third-order valence-corrected chi connectivity index (χ3v) is 2.42. The fourth-order valence-electron chi connectivity index (χ4n) is 1.46. The number of halogens is 2. The smallest absolute Gasteiger partial charge is 0.0949 e. The van der Waals surface area contributed by atoms with Crippen LogP contribution in [0.4, 0.5) is 0 Å². The minimum absolute atomic E-state index is 0. The number of nitrogens with one attached hydrogen (secondary N) is 1. The first-order chi connectivity index (χ1) is 6.36. The largest absolute Gasteiger partial charge is 0.371 e. The lowest BCUT2D eigenvalue weighted by Crippen LogP contribution is -2.33. The molecule has 0 amide bonds. The summed E-state index contributed by atoms with van der Waals surface area (Å²) in [4.78, 5) is 0. The van der Waals surface area contributed by atoms with Gasteiger partial charge in [0, 0.05) is 18.1 Å². The van der Waals surface area contributed by atoms with Gasteiger partial charge in [-0.3, -0.25) is 0 Å². The fraction of sp³-hybridized carbons (Fsp3) is 0.400. The van der Waals surface area contributed by atoms with Crippen molar-refractivity contribution in [3.05, 3.63) is 34.9 Å². The molecule has 0 unspecified atom stereocenters. The summed E-state index contributed by atoms with van der Waals surface area (Å²) in [5.74, 6) is 0. The molecule has 1 aliphatic rings. The highest BCUT2D eigenvalue weighted by atomic mass is 35.5. The van der Waals surface area contributed by atoms with E-state index >= 15 is 0 Å². The van der Waals surface area contributed by atoms with Gasteiger partial charge in [0.2, 0.25) is 0 Å². The Kier molecular flexibility index (Phi) is 4.69. The highest BCUT2D eigenvalue weighted by Crippen LogP contribution is 2.20. The molecule has 4 heteroatoms. The highest BCUT2D eigenvalue weighted by Gasteiger charge is 2.14. The lowest BCUT2D eigenvalue weighted by molar-refractivity contribution is 0.0277. The molecule has 14 heavy (non-hydrogen) atoms. The average Bonchev–Trinajstić information content (AvgIpc) is 2.20. The monoisotopic (exact) mass is 233 g/mol. The van der Waals surface area contributed by atoms with Crippen molar-refractivity contribution >= 4 is 24.0 Å². The number of ether oxygens (including phenoxy) is 1. The normalized spacial score (nSPS) is 21.4. The number of morpholine rings is 1. The Bertz CT molecular complexity index is 270. The Hall–Kier alpha value is -0.280. The number of hydrogen-bond acceptors (Lipinski definition) is 2. The van der Waals surface area contributed by atoms with E-state index in [-0.39, 0.29) is 18.5 Å². The van der Waals surface area contributed by atoms with Gasteiger partial charge >= 0.3 is 0 Å². The summed E-state index contributed by atoms with van der Waals surface area (Å²) < 4.78 is 5.60. The fourth-order valence-corrected chi connectivity index (χ4v) is 1.58. The highest BCUT2D eigenvalue weighted by molar-refractivity contribution is 6.30. The molecule has 1 N–H and O–H groups in total. The first-order valence-corrected chi connectivity index (χ1v) is 4.82. The molecule has 0 spiro atoms. The second kappa shape index (κ2) is 5.56. The maximum absolute atomic E-state index is 5.79. The van der Waals surface area contributed by atoms with Gasteiger partial charge in [-0.1, -0.05) is 23.7 Å². The van der Waals surface area contributed by atoms with Crippen LogP contribution in [-0.2, 0) is 4.74 Å². The average molecular weight is 234 g/mol. The van der Waals surface area contributed by atoms with E-state index in [4.69, 9.17) is 16.3 Å². The molecule has 2 nitrogen and oxygen atoms in total. The standard InChI is InChI=1S/C10H12ClNO.ClH/c11-9-3-1-8(2-4-9)10-7-12-5-6-13-10;/h1-4,10,12H,5-7H2;1H/t10-;/m0./s1. The molecule has 1 aliphatic heterocycles. The third kappa shape index (κ3) is 2.85. The molecular formula is C10H13Cl2NO. The van der Waals surface area contributed by atoms with Crippen LogP contribution in [0.2, 0.25) is 5.02 Å². The third-order valence-electron chi connectivity index (χ3n) is 2.17. The second-order valence-corrected chi connectivity index (χ2v) is 3.55. The minimum atomic E-state index is 0. The maximum Gasteiger partial charge on any atom is 0.0949 e. The van der Waals surface area contributed by atoms with Gasteiger partial charge < -0.3 is 10.1 Å². The van der Waals surface area contributed by atoms with E-state index < -0.39 is 0 Å². The van der Waals surface area contributed by atoms with Crippen LogP contribution in [0.1, 0.15) is 11.7 Å². The van der Waals surface area contributed by atoms with Gasteiger partial charge in [-0.05, 0) is 17.7 Å². The number of hydrogen-bond donors (Lipinski definition) is 1. The molecule has 1 heterocycles. The van der Waals surface area contributed by atoms with E-state index in [1.807, 2.05) is 24.3 Å². The van der Waals surface area contributed by atoms with Crippen molar-refractivity contribution in [1.29, 1.82) is 0 Å². The zero-order valence-corrected chi connectivity index (χ0v) is 9.27. The van der Waals surface area contributed by atoms with E-state index in [1.54, 1.807) is 0 Å². The molecule has 1 fully saturated rings. The van der Waals surface area contributed by atoms with E-state index in [2.05, 4.69) is 5.32 Å². The van der Waals surface area contributed by atoms with E-state index in [1.165, 1.54) is 5.56 Å². The molecule has 1 aromatic carbocycles. The van der Waals surface area contributed by atoms with Crippen molar-refractivity contribution in [2.24, 2.45) is 0 Å². The summed E-state index contributed by atoms with van der Waals surface area (Å²) in [6.45, 7) is 2.62. The van der Waals surface area contributed by atoms with Crippen LogP contribution in [0.5, 0.6) is 0 Å². The first kappa shape index (κ1) is 11.8. The summed E-state index contributed by atoms with van der Waals surface area (Å²) in [7, 11) is 0. The molecule has 78 valence electrons. The quantitative estimate of drug-likeness (QED) is 0.805. The summed E-state index contributed by atoms with van der Waals surface area (Å²) in [5.41, 5.74) is 1.19. The molecule has 0 radical (unpaired) electrons. The van der Waals surface area contributed by atoms with Gasteiger partial charge in [0.05, 0.1) is 12.7 Å². The van der Waals surface area contributed by atoms with Crippen molar-refractivity contribution in [2.75, 3.05) is 19.7 Å². The van der Waals surface area contributed by atoms with Crippen molar-refractivity contribution in [3.8, 4) is 0 Å². The molecule has 0 aliphatic carbocycles. The van der Waals surface area contributed by atoms with Crippen LogP contribution in [0, 0.1) is 0 Å². The van der Waals surface area contributed by atoms with Crippen LogP contribution >= 0.6 is 24.0 Å². The molecule has 1 atom stereocenters. The molecule has 2 rings (SSSR count). The lowest BCUT2D eigenvalue weighted by Gasteiger charge is -2.23. The lowest BCUT2D eigenvalue weighted by atomic mass is 10.1. The molecule has 0 aromatic heterocycles. The Morgan fingerprint density at radius 1 is 1.29 bits per heavy atom. The van der Waals surface area contributed by atoms with Gasteiger partial charge in [0.25, 0.3) is 0 Å². The Labute approximate surface area is 95.0 Å². The van der Waals surface area contributed by atoms with E-state index in [0.29, 0.717) is 0 Å². The summed E-state index contributed by atoms with van der Waals surface area (Å²) in [5, 5.41) is 4.06. The molecule has 1 aromatic rings. The summed E-state index contributed by atoms with van der Waals surface area (Å²) in [6, 6.07) is 7.82. The minimum Gasteiger partial charge on any atom is -0.371 e. The molecule has 0 bridgehead atoms. The first-order valence-electron chi connectivity index (χ1n) is 4.44. The summed E-state index contributed by atoms with van der Waals surface area (Å²) >= 11 is 5.79. The van der Waals surface area contributed by atoms with Crippen LogP contribution < -0.4 is 5.32 Å². The molecular weight excluding hydrogens is 221 g/mol. The van der Waals surface area contributed by atoms with Crippen molar-refractivity contribution in [3.63, 3.8) is 0 Å². The zero-order chi connectivity index (χ0) is 9.10. The number of benzene rings is 1. The van der Waals surface area contributed by atoms with E-state index in [9.17, 15) is 0 Å². The van der Waals surface area contributed by atoms with Crippen molar-refractivity contribution < 1.29 is 4.74 Å². The maximum atomic E-state index is 5.79.